The first kappa shape index (κ1) is 9.71. The highest BCUT2D eigenvalue weighted by molar-refractivity contribution is 5.42. The zero-order valence-corrected chi connectivity index (χ0v) is 9.74. The Balaban J connectivity index is 2.17. The molecule has 3 rings (SSSR count). The third-order valence-electron chi connectivity index (χ3n) is 3.50. The molecule has 1 aromatic heterocycles. The van der Waals surface area contributed by atoms with Gasteiger partial charge in [-0.25, -0.2) is 0 Å². The van der Waals surface area contributed by atoms with Crippen LogP contribution >= 0.6 is 0 Å². The van der Waals surface area contributed by atoms with Crippen molar-refractivity contribution < 1.29 is 0 Å². The van der Waals surface area contributed by atoms with Crippen molar-refractivity contribution in [1.82, 2.24) is 4.57 Å². The van der Waals surface area contributed by atoms with Gasteiger partial charge in [0.2, 0.25) is 0 Å². The molecule has 1 heteroatoms. The van der Waals surface area contributed by atoms with E-state index in [1.165, 1.54) is 42.8 Å². The van der Waals surface area contributed by atoms with E-state index in [-0.39, 0.29) is 0 Å². The fourth-order valence-corrected chi connectivity index (χ4v) is 2.79. The number of para-hydroxylation sites is 1. The minimum Gasteiger partial charge on any atom is -0.318 e. The normalized spacial score (nSPS) is 14.8. The Kier molecular flexibility index (Phi) is 2.32. The average Bonchev–Trinajstić information content (AvgIpc) is 2.66. The molecule has 0 bridgehead atoms. The summed E-state index contributed by atoms with van der Waals surface area (Å²) in [6.45, 7) is 2.21. The van der Waals surface area contributed by atoms with E-state index in [0.29, 0.717) is 0 Å². The van der Waals surface area contributed by atoms with Crippen molar-refractivity contribution in [2.75, 3.05) is 0 Å². The van der Waals surface area contributed by atoms with E-state index in [2.05, 4.69) is 47.9 Å². The first-order valence-electron chi connectivity index (χ1n) is 6.12. The van der Waals surface area contributed by atoms with E-state index in [1.807, 2.05) is 0 Å². The Bertz CT molecular complexity index is 494. The van der Waals surface area contributed by atoms with Gasteiger partial charge in [-0.3, -0.25) is 0 Å². The lowest BCUT2D eigenvalue weighted by Crippen LogP contribution is -2.07. The van der Waals surface area contributed by atoms with Crippen molar-refractivity contribution in [3.63, 3.8) is 0 Å². The van der Waals surface area contributed by atoms with Gasteiger partial charge in [0.1, 0.15) is 0 Å². The van der Waals surface area contributed by atoms with Crippen LogP contribution in [0.1, 0.15) is 29.8 Å². The minimum absolute atomic E-state index is 1.23. The second-order valence-corrected chi connectivity index (χ2v) is 4.64. The molecule has 0 aliphatic heterocycles. The molecule has 0 amide bonds. The van der Waals surface area contributed by atoms with E-state index in [0.717, 1.165) is 0 Å². The van der Waals surface area contributed by atoms with Gasteiger partial charge in [0.25, 0.3) is 0 Å². The fraction of sp³-hybridized carbons (Fsp3) is 0.333. The van der Waals surface area contributed by atoms with Crippen LogP contribution < -0.4 is 0 Å². The molecule has 16 heavy (non-hydrogen) atoms. The number of hydrogen-bond acceptors (Lipinski definition) is 0. The molecule has 0 saturated carbocycles. The summed E-state index contributed by atoms with van der Waals surface area (Å²) in [5.41, 5.74) is 5.78. The highest BCUT2D eigenvalue weighted by atomic mass is 15.0. The molecule has 1 nitrogen and oxygen atoms in total. The monoisotopic (exact) mass is 211 g/mol. The predicted molar refractivity (Wildman–Crippen MR) is 67.1 cm³/mol. The smallest absolute Gasteiger partial charge is 0.0455 e. The number of rotatable bonds is 1. The number of aryl methyl sites for hydroxylation is 2. The molecule has 0 fully saturated rings. The van der Waals surface area contributed by atoms with Gasteiger partial charge in [-0.05, 0) is 56.4 Å². The maximum absolute atomic E-state index is 2.43. The lowest BCUT2D eigenvalue weighted by Gasteiger charge is -2.16. The highest BCUT2D eigenvalue weighted by Gasteiger charge is 2.16. The Morgan fingerprint density at radius 2 is 1.75 bits per heavy atom. The van der Waals surface area contributed by atoms with Crippen molar-refractivity contribution in [3.05, 3.63) is 53.3 Å². The Morgan fingerprint density at radius 3 is 2.56 bits per heavy atom. The molecule has 82 valence electrons. The fourth-order valence-electron chi connectivity index (χ4n) is 2.79. The molecular weight excluding hydrogens is 194 g/mol. The minimum atomic E-state index is 1.23. The lowest BCUT2D eigenvalue weighted by molar-refractivity contribution is 0.662. The van der Waals surface area contributed by atoms with Gasteiger partial charge in [-0.1, -0.05) is 18.2 Å². The van der Waals surface area contributed by atoms with Gasteiger partial charge >= 0.3 is 0 Å². The second kappa shape index (κ2) is 3.82. The largest absolute Gasteiger partial charge is 0.318 e. The molecular formula is C15H17N. The molecule has 1 aliphatic rings. The Labute approximate surface area is 96.7 Å². The van der Waals surface area contributed by atoms with E-state index in [1.54, 1.807) is 5.56 Å². The molecule has 0 unspecified atom stereocenters. The van der Waals surface area contributed by atoms with Crippen LogP contribution in [0, 0.1) is 6.92 Å². The van der Waals surface area contributed by atoms with Crippen molar-refractivity contribution >= 4 is 0 Å². The summed E-state index contributed by atoms with van der Waals surface area (Å²) >= 11 is 0. The lowest BCUT2D eigenvalue weighted by atomic mass is 9.98. The average molecular weight is 211 g/mol. The summed E-state index contributed by atoms with van der Waals surface area (Å²) in [4.78, 5) is 0. The van der Waals surface area contributed by atoms with Crippen molar-refractivity contribution in [3.8, 4) is 5.69 Å². The molecule has 0 radical (unpaired) electrons. The third kappa shape index (κ3) is 1.47. The molecule has 2 aromatic rings. The van der Waals surface area contributed by atoms with Crippen LogP contribution in [0.25, 0.3) is 5.69 Å². The number of hydrogen-bond donors (Lipinski definition) is 0. The van der Waals surface area contributed by atoms with Crippen LogP contribution in [0.15, 0.2) is 36.4 Å². The van der Waals surface area contributed by atoms with Crippen molar-refractivity contribution in [1.29, 1.82) is 0 Å². The summed E-state index contributed by atoms with van der Waals surface area (Å²) in [5.74, 6) is 0. The maximum atomic E-state index is 2.43. The second-order valence-electron chi connectivity index (χ2n) is 4.64. The summed E-state index contributed by atoms with van der Waals surface area (Å²) < 4.78 is 2.43. The molecule has 0 N–H and O–H groups in total. The molecule has 1 aliphatic carbocycles. The summed E-state index contributed by atoms with van der Waals surface area (Å²) in [6, 6.07) is 13.1. The van der Waals surface area contributed by atoms with E-state index in [9.17, 15) is 0 Å². The van der Waals surface area contributed by atoms with Gasteiger partial charge in [0.15, 0.2) is 0 Å². The van der Waals surface area contributed by atoms with Gasteiger partial charge in [0.05, 0.1) is 0 Å². The Hall–Kier alpha value is -1.50. The van der Waals surface area contributed by atoms with E-state index in [4.69, 9.17) is 0 Å². The van der Waals surface area contributed by atoms with Crippen LogP contribution in [-0.4, -0.2) is 4.57 Å². The van der Waals surface area contributed by atoms with E-state index < -0.39 is 0 Å². The van der Waals surface area contributed by atoms with Crippen LogP contribution in [0.4, 0.5) is 0 Å². The molecule has 1 aromatic carbocycles. The van der Waals surface area contributed by atoms with Gasteiger partial charge in [-0.2, -0.15) is 0 Å². The predicted octanol–water partition coefficient (Wildman–Crippen LogP) is 3.66. The van der Waals surface area contributed by atoms with Gasteiger partial charge in [-0.15, -0.1) is 0 Å². The topological polar surface area (TPSA) is 4.93 Å². The van der Waals surface area contributed by atoms with Crippen molar-refractivity contribution in [2.24, 2.45) is 0 Å². The number of fused-ring (bicyclic) bond motifs is 1. The van der Waals surface area contributed by atoms with Crippen LogP contribution in [-0.2, 0) is 12.8 Å². The zero-order valence-electron chi connectivity index (χ0n) is 9.74. The third-order valence-corrected chi connectivity index (χ3v) is 3.50. The molecule has 1 heterocycles. The maximum Gasteiger partial charge on any atom is 0.0455 e. The highest BCUT2D eigenvalue weighted by Crippen LogP contribution is 2.27. The molecule has 0 atom stereocenters. The quantitative estimate of drug-likeness (QED) is 0.678. The summed E-state index contributed by atoms with van der Waals surface area (Å²) in [5, 5.41) is 0. The van der Waals surface area contributed by atoms with Gasteiger partial charge < -0.3 is 4.57 Å². The van der Waals surface area contributed by atoms with Crippen LogP contribution in [0.5, 0.6) is 0 Å². The summed E-state index contributed by atoms with van der Waals surface area (Å²) in [7, 11) is 0. The molecule has 0 spiro atoms. The zero-order chi connectivity index (χ0) is 11.0. The van der Waals surface area contributed by atoms with Crippen molar-refractivity contribution in [2.45, 2.75) is 32.6 Å². The number of aromatic nitrogens is 1. The molecule has 0 saturated heterocycles. The Morgan fingerprint density at radius 1 is 1.00 bits per heavy atom. The first-order chi connectivity index (χ1) is 7.86. The standard InChI is InChI=1S/C15H17N/c1-12-11-13-7-5-6-10-15(13)16(12)14-8-3-2-4-9-14/h2-4,8-9,11H,5-7,10H2,1H3. The van der Waals surface area contributed by atoms with E-state index >= 15 is 0 Å². The van der Waals surface area contributed by atoms with Crippen LogP contribution in [0.2, 0.25) is 0 Å². The van der Waals surface area contributed by atoms with Gasteiger partial charge in [0, 0.05) is 17.1 Å². The number of nitrogens with zero attached hydrogens (tertiary/aromatic N) is 1. The first-order valence-corrected chi connectivity index (χ1v) is 6.12. The SMILES string of the molecule is Cc1cc2c(n1-c1ccccc1)CCCC2. The number of benzene rings is 1. The van der Waals surface area contributed by atoms with Crippen LogP contribution in [0.3, 0.4) is 0 Å². The summed E-state index contributed by atoms with van der Waals surface area (Å²) in [6.07, 6.45) is 5.18.